The minimum atomic E-state index is -0.467. The lowest BCUT2D eigenvalue weighted by Gasteiger charge is -2.03. The first-order valence-corrected chi connectivity index (χ1v) is 3.54. The molecule has 0 amide bonds. The first-order chi connectivity index (χ1) is 5.66. The lowest BCUT2D eigenvalue weighted by Crippen LogP contribution is -2.10. The zero-order valence-electron chi connectivity index (χ0n) is 6.65. The van der Waals surface area contributed by atoms with Crippen LogP contribution >= 0.6 is 0 Å². The van der Waals surface area contributed by atoms with Crippen molar-refractivity contribution < 1.29 is 4.92 Å². The Morgan fingerprint density at radius 3 is 3.08 bits per heavy atom. The average Bonchev–Trinajstić information content (AvgIpc) is 2.50. The fourth-order valence-corrected chi connectivity index (χ4v) is 0.916. The SMILES string of the molecule is CC(CN)c1[nH]ncc1[N+](=O)[O-]. The molecule has 1 aromatic rings. The number of nitrogens with zero attached hydrogens (tertiary/aromatic N) is 2. The maximum atomic E-state index is 10.4. The molecule has 0 saturated carbocycles. The van der Waals surface area contributed by atoms with Gasteiger partial charge in [0, 0.05) is 12.5 Å². The van der Waals surface area contributed by atoms with E-state index in [0.29, 0.717) is 12.2 Å². The summed E-state index contributed by atoms with van der Waals surface area (Å²) in [6, 6.07) is 0. The molecule has 1 rings (SSSR count). The fraction of sp³-hybridized carbons (Fsp3) is 0.500. The molecular formula is C6H10N4O2. The fourth-order valence-electron chi connectivity index (χ4n) is 0.916. The molecule has 1 unspecified atom stereocenters. The summed E-state index contributed by atoms with van der Waals surface area (Å²) in [7, 11) is 0. The van der Waals surface area contributed by atoms with E-state index in [2.05, 4.69) is 10.2 Å². The highest BCUT2D eigenvalue weighted by Crippen LogP contribution is 2.22. The van der Waals surface area contributed by atoms with E-state index in [4.69, 9.17) is 5.73 Å². The first-order valence-electron chi connectivity index (χ1n) is 3.54. The van der Waals surface area contributed by atoms with Gasteiger partial charge in [0.15, 0.2) is 0 Å². The maximum Gasteiger partial charge on any atom is 0.310 e. The topological polar surface area (TPSA) is 97.8 Å². The lowest BCUT2D eigenvalue weighted by molar-refractivity contribution is -0.385. The standard InChI is InChI=1S/C6H10N4O2/c1-4(2-7)6-5(10(11)12)3-8-9-6/h3-4H,2,7H2,1H3,(H,8,9). The Morgan fingerprint density at radius 2 is 2.58 bits per heavy atom. The molecule has 0 bridgehead atoms. The van der Waals surface area contributed by atoms with Gasteiger partial charge in [0.1, 0.15) is 11.9 Å². The number of hydrogen-bond acceptors (Lipinski definition) is 4. The Kier molecular flexibility index (Phi) is 2.39. The van der Waals surface area contributed by atoms with E-state index in [1.165, 1.54) is 6.20 Å². The molecule has 0 radical (unpaired) electrons. The van der Waals surface area contributed by atoms with Gasteiger partial charge >= 0.3 is 5.69 Å². The number of nitrogens with one attached hydrogen (secondary N) is 1. The minimum Gasteiger partial charge on any atom is -0.330 e. The van der Waals surface area contributed by atoms with E-state index in [-0.39, 0.29) is 11.6 Å². The van der Waals surface area contributed by atoms with Crippen molar-refractivity contribution in [3.05, 3.63) is 22.0 Å². The Morgan fingerprint density at radius 1 is 1.92 bits per heavy atom. The summed E-state index contributed by atoms with van der Waals surface area (Å²) in [5, 5.41) is 16.6. The van der Waals surface area contributed by atoms with E-state index in [0.717, 1.165) is 0 Å². The molecule has 0 aliphatic rings. The highest BCUT2D eigenvalue weighted by molar-refractivity contribution is 5.34. The monoisotopic (exact) mass is 170 g/mol. The minimum absolute atomic E-state index is 0.00736. The van der Waals surface area contributed by atoms with Crippen LogP contribution in [0, 0.1) is 10.1 Å². The van der Waals surface area contributed by atoms with Crippen molar-refractivity contribution in [2.75, 3.05) is 6.54 Å². The van der Waals surface area contributed by atoms with Crippen molar-refractivity contribution in [1.82, 2.24) is 10.2 Å². The van der Waals surface area contributed by atoms with Gasteiger partial charge in [0.2, 0.25) is 0 Å². The number of H-pyrrole nitrogens is 1. The summed E-state index contributed by atoms with van der Waals surface area (Å²) in [4.78, 5) is 9.94. The van der Waals surface area contributed by atoms with Crippen LogP contribution < -0.4 is 5.73 Å². The van der Waals surface area contributed by atoms with Crippen LogP contribution in [0.3, 0.4) is 0 Å². The molecule has 6 heteroatoms. The number of aromatic nitrogens is 2. The number of nitro groups is 1. The van der Waals surface area contributed by atoms with Crippen LogP contribution in [0.2, 0.25) is 0 Å². The molecule has 1 atom stereocenters. The van der Waals surface area contributed by atoms with Gasteiger partial charge in [-0.2, -0.15) is 5.10 Å². The van der Waals surface area contributed by atoms with Crippen molar-refractivity contribution in [3.8, 4) is 0 Å². The Balaban J connectivity index is 2.98. The molecule has 0 aliphatic heterocycles. The van der Waals surface area contributed by atoms with Crippen molar-refractivity contribution in [2.45, 2.75) is 12.8 Å². The first kappa shape index (κ1) is 8.66. The van der Waals surface area contributed by atoms with Gasteiger partial charge in [-0.05, 0) is 0 Å². The summed E-state index contributed by atoms with van der Waals surface area (Å²) < 4.78 is 0. The molecule has 0 aromatic carbocycles. The van der Waals surface area contributed by atoms with Crippen LogP contribution in [0.4, 0.5) is 5.69 Å². The third kappa shape index (κ3) is 1.42. The molecule has 0 spiro atoms. The smallest absolute Gasteiger partial charge is 0.310 e. The van der Waals surface area contributed by atoms with Crippen LogP contribution in [-0.4, -0.2) is 21.7 Å². The van der Waals surface area contributed by atoms with Crippen LogP contribution in [0.15, 0.2) is 6.20 Å². The van der Waals surface area contributed by atoms with Gasteiger partial charge in [0.25, 0.3) is 0 Å². The van der Waals surface area contributed by atoms with Gasteiger partial charge in [-0.1, -0.05) is 6.92 Å². The number of nitrogens with two attached hydrogens (primary N) is 1. The predicted molar refractivity (Wildman–Crippen MR) is 42.7 cm³/mol. The molecule has 0 fully saturated rings. The molecule has 1 aromatic heterocycles. The van der Waals surface area contributed by atoms with Gasteiger partial charge in [0.05, 0.1) is 4.92 Å². The molecule has 12 heavy (non-hydrogen) atoms. The van der Waals surface area contributed by atoms with Crippen molar-refractivity contribution in [1.29, 1.82) is 0 Å². The summed E-state index contributed by atoms with van der Waals surface area (Å²) in [6.45, 7) is 2.17. The van der Waals surface area contributed by atoms with Crippen molar-refractivity contribution >= 4 is 5.69 Å². The molecule has 66 valence electrons. The third-order valence-electron chi connectivity index (χ3n) is 1.69. The van der Waals surface area contributed by atoms with E-state index in [1.807, 2.05) is 0 Å². The highest BCUT2D eigenvalue weighted by Gasteiger charge is 2.19. The van der Waals surface area contributed by atoms with Gasteiger partial charge in [-0.3, -0.25) is 15.2 Å². The van der Waals surface area contributed by atoms with Crippen molar-refractivity contribution in [3.63, 3.8) is 0 Å². The summed E-state index contributed by atoms with van der Waals surface area (Å²) in [5.74, 6) is -0.0621. The van der Waals surface area contributed by atoms with Crippen LogP contribution in [0.25, 0.3) is 0 Å². The zero-order valence-corrected chi connectivity index (χ0v) is 6.65. The normalized spacial score (nSPS) is 12.8. The summed E-state index contributed by atoms with van der Waals surface area (Å²) >= 11 is 0. The second-order valence-corrected chi connectivity index (χ2v) is 2.56. The molecule has 0 saturated heterocycles. The zero-order chi connectivity index (χ0) is 9.14. The van der Waals surface area contributed by atoms with Crippen LogP contribution in [-0.2, 0) is 0 Å². The average molecular weight is 170 g/mol. The largest absolute Gasteiger partial charge is 0.330 e. The molecule has 0 aliphatic carbocycles. The van der Waals surface area contributed by atoms with Crippen LogP contribution in [0.5, 0.6) is 0 Å². The molecule has 3 N–H and O–H groups in total. The maximum absolute atomic E-state index is 10.4. The summed E-state index contributed by atoms with van der Waals surface area (Å²) in [6.07, 6.45) is 1.20. The second kappa shape index (κ2) is 3.31. The Hall–Kier alpha value is -1.43. The lowest BCUT2D eigenvalue weighted by atomic mass is 10.1. The molecule has 1 heterocycles. The Bertz CT molecular complexity index is 283. The quantitative estimate of drug-likeness (QED) is 0.506. The van der Waals surface area contributed by atoms with Crippen LogP contribution in [0.1, 0.15) is 18.5 Å². The molecule has 6 nitrogen and oxygen atoms in total. The van der Waals surface area contributed by atoms with E-state index in [9.17, 15) is 10.1 Å². The predicted octanol–water partition coefficient (Wildman–Crippen LogP) is 0.380. The van der Waals surface area contributed by atoms with E-state index >= 15 is 0 Å². The third-order valence-corrected chi connectivity index (χ3v) is 1.69. The van der Waals surface area contributed by atoms with Gasteiger partial charge < -0.3 is 5.73 Å². The number of hydrogen-bond donors (Lipinski definition) is 2. The molecular weight excluding hydrogens is 160 g/mol. The van der Waals surface area contributed by atoms with E-state index in [1.54, 1.807) is 6.92 Å². The number of aromatic amines is 1. The summed E-state index contributed by atoms with van der Waals surface area (Å²) in [5.41, 5.74) is 5.86. The van der Waals surface area contributed by atoms with Crippen molar-refractivity contribution in [2.24, 2.45) is 5.73 Å². The number of rotatable bonds is 3. The van der Waals surface area contributed by atoms with Gasteiger partial charge in [-0.15, -0.1) is 0 Å². The van der Waals surface area contributed by atoms with Gasteiger partial charge in [-0.25, -0.2) is 0 Å². The highest BCUT2D eigenvalue weighted by atomic mass is 16.6. The Labute approximate surface area is 68.9 Å². The second-order valence-electron chi connectivity index (χ2n) is 2.56. The van der Waals surface area contributed by atoms with E-state index < -0.39 is 4.92 Å².